The highest BCUT2D eigenvalue weighted by molar-refractivity contribution is 5.67. The van der Waals surface area contributed by atoms with Crippen LogP contribution < -0.4 is 16.6 Å². The summed E-state index contributed by atoms with van der Waals surface area (Å²) in [6.07, 6.45) is 0. The first-order chi connectivity index (χ1) is 9.63. The Morgan fingerprint density at radius 2 is 2.00 bits per heavy atom. The van der Waals surface area contributed by atoms with Gasteiger partial charge in [0.2, 0.25) is 0 Å². The average Bonchev–Trinajstić information content (AvgIpc) is 2.47. The highest BCUT2D eigenvalue weighted by atomic mass is 16.6. The van der Waals surface area contributed by atoms with Crippen molar-refractivity contribution in [1.29, 1.82) is 5.26 Å². The molecule has 2 aromatic rings. The number of hydrogen-bond donors (Lipinski definition) is 3. The molecule has 1 aromatic carbocycles. The minimum absolute atomic E-state index is 0.149. The van der Waals surface area contributed by atoms with Crippen molar-refractivity contribution in [3.05, 3.63) is 52.1 Å². The topological polar surface area (TPSA) is 130 Å². The molecular weight excluding hydrogens is 260 g/mol. The minimum Gasteiger partial charge on any atom is -0.339 e. The Morgan fingerprint density at radius 3 is 2.65 bits per heavy atom. The predicted octanol–water partition coefficient (Wildman–Crippen LogP) is 1.89. The Kier molecular flexibility index (Phi) is 3.74. The molecule has 0 saturated carbocycles. The number of pyridine rings is 1. The molecule has 0 radical (unpaired) electrons. The Labute approximate surface area is 114 Å². The fourth-order valence-corrected chi connectivity index (χ4v) is 1.59. The van der Waals surface area contributed by atoms with Crippen molar-refractivity contribution in [3.8, 4) is 6.07 Å². The summed E-state index contributed by atoms with van der Waals surface area (Å²) < 4.78 is 0. The van der Waals surface area contributed by atoms with Gasteiger partial charge in [-0.3, -0.25) is 10.1 Å². The van der Waals surface area contributed by atoms with Gasteiger partial charge in [-0.05, 0) is 12.1 Å². The second-order valence-electron chi connectivity index (χ2n) is 3.78. The maximum Gasteiger partial charge on any atom is 0.276 e. The number of benzene rings is 1. The number of para-hydroxylation sites is 1. The molecular formula is C12H10N6O2. The Morgan fingerprint density at radius 1 is 1.30 bits per heavy atom. The van der Waals surface area contributed by atoms with Crippen LogP contribution in [0, 0.1) is 21.4 Å². The van der Waals surface area contributed by atoms with Crippen molar-refractivity contribution in [2.24, 2.45) is 5.84 Å². The second kappa shape index (κ2) is 5.64. The number of hydrogen-bond acceptors (Lipinski definition) is 7. The molecule has 0 aliphatic heterocycles. The predicted molar refractivity (Wildman–Crippen MR) is 73.1 cm³/mol. The molecule has 0 amide bonds. The smallest absolute Gasteiger partial charge is 0.276 e. The van der Waals surface area contributed by atoms with Crippen LogP contribution in [0.5, 0.6) is 0 Å². The van der Waals surface area contributed by atoms with E-state index in [-0.39, 0.29) is 17.3 Å². The molecule has 0 aliphatic rings. The zero-order chi connectivity index (χ0) is 14.5. The number of nitrogens with zero attached hydrogens (tertiary/aromatic N) is 3. The first kappa shape index (κ1) is 13.3. The Hall–Kier alpha value is -3.18. The molecule has 1 heterocycles. The Bertz CT molecular complexity index is 695. The van der Waals surface area contributed by atoms with Gasteiger partial charge in [0.05, 0.1) is 28.3 Å². The number of nitrogen functional groups attached to an aromatic ring is 1. The number of anilines is 3. The molecule has 8 nitrogen and oxygen atoms in total. The maximum atomic E-state index is 10.8. The molecule has 0 fully saturated rings. The average molecular weight is 270 g/mol. The van der Waals surface area contributed by atoms with Crippen LogP contribution in [0.4, 0.5) is 23.0 Å². The largest absolute Gasteiger partial charge is 0.339 e. The molecule has 0 spiro atoms. The van der Waals surface area contributed by atoms with Crippen LogP contribution in [-0.2, 0) is 0 Å². The van der Waals surface area contributed by atoms with Crippen molar-refractivity contribution in [1.82, 2.24) is 4.98 Å². The van der Waals surface area contributed by atoms with Gasteiger partial charge in [0.25, 0.3) is 5.69 Å². The van der Waals surface area contributed by atoms with Gasteiger partial charge >= 0.3 is 0 Å². The number of nitrogens with two attached hydrogens (primary N) is 1. The number of nitriles is 1. The number of hydrazine groups is 1. The summed E-state index contributed by atoms with van der Waals surface area (Å²) in [6, 6.07) is 11.2. The van der Waals surface area contributed by atoms with Crippen LogP contribution >= 0.6 is 0 Å². The summed E-state index contributed by atoms with van der Waals surface area (Å²) in [5, 5.41) is 22.7. The van der Waals surface area contributed by atoms with E-state index in [1.54, 1.807) is 24.3 Å². The molecule has 0 saturated heterocycles. The van der Waals surface area contributed by atoms with Gasteiger partial charge in [-0.1, -0.05) is 12.1 Å². The molecule has 100 valence electrons. The maximum absolute atomic E-state index is 10.8. The highest BCUT2D eigenvalue weighted by Gasteiger charge is 2.11. The van der Waals surface area contributed by atoms with E-state index in [1.165, 1.54) is 12.1 Å². The summed E-state index contributed by atoms with van der Waals surface area (Å²) in [5.74, 6) is 5.59. The fraction of sp³-hybridized carbons (Fsp3) is 0. The molecule has 0 unspecified atom stereocenters. The summed E-state index contributed by atoms with van der Waals surface area (Å²) in [5.41, 5.74) is 3.01. The van der Waals surface area contributed by atoms with Crippen LogP contribution in [0.3, 0.4) is 0 Å². The third-order valence-electron chi connectivity index (χ3n) is 2.48. The van der Waals surface area contributed by atoms with Crippen LogP contribution in [-0.4, -0.2) is 9.91 Å². The molecule has 4 N–H and O–H groups in total. The van der Waals surface area contributed by atoms with Gasteiger partial charge in [-0.2, -0.15) is 5.26 Å². The van der Waals surface area contributed by atoms with Gasteiger partial charge < -0.3 is 10.7 Å². The first-order valence-corrected chi connectivity index (χ1v) is 5.53. The SMILES string of the molecule is N#Cc1ccccc1Nc1cc([N+](=O)[O-])cc(NN)n1. The molecule has 1 aromatic heterocycles. The molecule has 2 rings (SSSR count). The zero-order valence-corrected chi connectivity index (χ0v) is 10.2. The van der Waals surface area contributed by atoms with Gasteiger partial charge in [0.1, 0.15) is 17.7 Å². The third-order valence-corrected chi connectivity index (χ3v) is 2.48. The molecule has 8 heteroatoms. The lowest BCUT2D eigenvalue weighted by molar-refractivity contribution is -0.384. The Balaban J connectivity index is 2.40. The van der Waals surface area contributed by atoms with Gasteiger partial charge in [0, 0.05) is 0 Å². The molecule has 0 aliphatic carbocycles. The second-order valence-corrected chi connectivity index (χ2v) is 3.78. The number of aromatic nitrogens is 1. The van der Waals surface area contributed by atoms with E-state index in [0.717, 1.165) is 0 Å². The normalized spacial score (nSPS) is 9.60. The highest BCUT2D eigenvalue weighted by Crippen LogP contribution is 2.24. The lowest BCUT2D eigenvalue weighted by Crippen LogP contribution is -2.10. The van der Waals surface area contributed by atoms with Crippen molar-refractivity contribution in [2.45, 2.75) is 0 Å². The number of rotatable bonds is 4. The van der Waals surface area contributed by atoms with E-state index < -0.39 is 4.92 Å². The van der Waals surface area contributed by atoms with E-state index in [0.29, 0.717) is 11.3 Å². The summed E-state index contributed by atoms with van der Waals surface area (Å²) in [6.45, 7) is 0. The van der Waals surface area contributed by atoms with Gasteiger partial charge in [-0.15, -0.1) is 0 Å². The molecule has 0 atom stereocenters. The van der Waals surface area contributed by atoms with Crippen LogP contribution in [0.2, 0.25) is 0 Å². The lowest BCUT2D eigenvalue weighted by atomic mass is 10.2. The summed E-state index contributed by atoms with van der Waals surface area (Å²) in [4.78, 5) is 14.3. The summed E-state index contributed by atoms with van der Waals surface area (Å²) >= 11 is 0. The van der Waals surface area contributed by atoms with E-state index in [2.05, 4.69) is 15.7 Å². The standard InChI is InChI=1S/C12H10N6O2/c13-7-8-3-1-2-4-10(8)15-11-5-9(18(19)20)6-12(16-11)17-14/h1-6H,14H2,(H2,15,16,17). The minimum atomic E-state index is -0.552. The van der Waals surface area contributed by atoms with Crippen molar-refractivity contribution < 1.29 is 4.92 Å². The third kappa shape index (κ3) is 2.80. The lowest BCUT2D eigenvalue weighted by Gasteiger charge is -2.08. The van der Waals surface area contributed by atoms with Crippen molar-refractivity contribution in [2.75, 3.05) is 10.7 Å². The van der Waals surface area contributed by atoms with E-state index in [4.69, 9.17) is 11.1 Å². The van der Waals surface area contributed by atoms with Crippen molar-refractivity contribution >= 4 is 23.0 Å². The monoisotopic (exact) mass is 270 g/mol. The van der Waals surface area contributed by atoms with Gasteiger partial charge in [0.15, 0.2) is 0 Å². The van der Waals surface area contributed by atoms with E-state index in [1.807, 2.05) is 6.07 Å². The van der Waals surface area contributed by atoms with E-state index >= 15 is 0 Å². The number of nitrogens with one attached hydrogen (secondary N) is 2. The number of nitro groups is 1. The summed E-state index contributed by atoms with van der Waals surface area (Å²) in [7, 11) is 0. The van der Waals surface area contributed by atoms with Crippen molar-refractivity contribution in [3.63, 3.8) is 0 Å². The first-order valence-electron chi connectivity index (χ1n) is 5.53. The molecule has 20 heavy (non-hydrogen) atoms. The van der Waals surface area contributed by atoms with E-state index in [9.17, 15) is 10.1 Å². The fourth-order valence-electron chi connectivity index (χ4n) is 1.59. The van der Waals surface area contributed by atoms with Crippen LogP contribution in [0.15, 0.2) is 36.4 Å². The van der Waals surface area contributed by atoms with Crippen LogP contribution in [0.25, 0.3) is 0 Å². The quantitative estimate of drug-likeness (QED) is 0.439. The van der Waals surface area contributed by atoms with Crippen LogP contribution in [0.1, 0.15) is 5.56 Å². The zero-order valence-electron chi connectivity index (χ0n) is 10.2. The van der Waals surface area contributed by atoms with Gasteiger partial charge in [-0.25, -0.2) is 10.8 Å². The molecule has 0 bridgehead atoms.